The lowest BCUT2D eigenvalue weighted by atomic mass is 10.2. The van der Waals surface area contributed by atoms with Crippen molar-refractivity contribution in [3.05, 3.63) is 71.8 Å². The summed E-state index contributed by atoms with van der Waals surface area (Å²) in [5.74, 6) is 0. The van der Waals surface area contributed by atoms with Gasteiger partial charge < -0.3 is 10.6 Å². The molecule has 3 N–H and O–H groups in total. The first-order chi connectivity index (χ1) is 10.8. The van der Waals surface area contributed by atoms with E-state index in [2.05, 4.69) is 14.9 Å². The predicted octanol–water partition coefficient (Wildman–Crippen LogP) is 3.28. The lowest BCUT2D eigenvalue weighted by Crippen LogP contribution is -2.12. The third-order valence-corrected chi connectivity index (χ3v) is 3.48. The van der Waals surface area contributed by atoms with Crippen LogP contribution < -0.4 is 5.73 Å². The van der Waals surface area contributed by atoms with Gasteiger partial charge in [0.15, 0.2) is 5.17 Å². The van der Waals surface area contributed by atoms with Gasteiger partial charge in [-0.3, -0.25) is 4.99 Å². The molecule has 0 spiro atoms. The molecule has 0 radical (unpaired) electrons. The Morgan fingerprint density at radius 1 is 0.909 bits per heavy atom. The Kier molecular flexibility index (Phi) is 6.47. The summed E-state index contributed by atoms with van der Waals surface area (Å²) in [6, 6.07) is 19.4. The van der Waals surface area contributed by atoms with Crippen molar-refractivity contribution < 1.29 is 10.1 Å². The summed E-state index contributed by atoms with van der Waals surface area (Å²) in [4.78, 5) is 12.6. The predicted molar refractivity (Wildman–Crippen MR) is 90.7 cm³/mol. The molecular weight excluding hydrogens is 298 g/mol. The minimum Gasteiger partial charge on any atom is -0.378 e. The van der Waals surface area contributed by atoms with Crippen LogP contribution in [0.15, 0.2) is 70.6 Å². The summed E-state index contributed by atoms with van der Waals surface area (Å²) in [6.45, 7) is 0.868. The van der Waals surface area contributed by atoms with Gasteiger partial charge in [0.05, 0.1) is 13.1 Å². The fraction of sp³-hybridized carbons (Fsp3) is 0.125. The van der Waals surface area contributed by atoms with Crippen LogP contribution in [0.2, 0.25) is 0 Å². The van der Waals surface area contributed by atoms with E-state index in [-0.39, 0.29) is 10.4 Å². The van der Waals surface area contributed by atoms with E-state index in [0.717, 1.165) is 22.9 Å². The van der Waals surface area contributed by atoms with Crippen LogP contribution in [0.25, 0.3) is 0 Å². The van der Waals surface area contributed by atoms with E-state index in [1.54, 1.807) is 0 Å². The Balaban J connectivity index is 1.91. The molecule has 2 aromatic carbocycles. The molecule has 2 rings (SSSR count). The van der Waals surface area contributed by atoms with Crippen molar-refractivity contribution in [3.63, 3.8) is 0 Å². The van der Waals surface area contributed by atoms with Crippen LogP contribution in [0.5, 0.6) is 0 Å². The second kappa shape index (κ2) is 8.86. The third kappa shape index (κ3) is 5.59. The fourth-order valence-corrected chi connectivity index (χ4v) is 2.17. The Morgan fingerprint density at radius 3 is 1.91 bits per heavy atom. The largest absolute Gasteiger partial charge is 0.378 e. The number of nitrogens with two attached hydrogens (primary N) is 1. The highest BCUT2D eigenvalue weighted by atomic mass is 32.2. The summed E-state index contributed by atoms with van der Waals surface area (Å²) >= 11 is 0.989. The van der Waals surface area contributed by atoms with Gasteiger partial charge in [0.25, 0.3) is 5.23 Å². The Morgan fingerprint density at radius 2 is 1.41 bits per heavy atom. The number of benzene rings is 2. The zero-order valence-corrected chi connectivity index (χ0v) is 12.7. The SMILES string of the molecule is NC(=NCc1ccccc1)SC(=NCc1ccccc1)OO. The van der Waals surface area contributed by atoms with Crippen molar-refractivity contribution in [1.29, 1.82) is 0 Å². The zero-order chi connectivity index (χ0) is 15.6. The molecule has 0 aliphatic heterocycles. The van der Waals surface area contributed by atoms with Crippen LogP contribution in [0.3, 0.4) is 0 Å². The standard InChI is InChI=1S/C16H17N3O2S/c17-15(18-11-13-7-3-1-4-8-13)22-16(21-20)19-12-14-9-5-2-6-10-14/h1-10,20H,11-12H2,(H2,17,18). The summed E-state index contributed by atoms with van der Waals surface area (Å²) in [5, 5.41) is 9.23. The van der Waals surface area contributed by atoms with Crippen LogP contribution in [-0.2, 0) is 18.0 Å². The van der Waals surface area contributed by atoms with Crippen LogP contribution in [0.1, 0.15) is 11.1 Å². The summed E-state index contributed by atoms with van der Waals surface area (Å²) in [5.41, 5.74) is 7.87. The lowest BCUT2D eigenvalue weighted by Gasteiger charge is -2.03. The molecule has 0 heterocycles. The molecule has 0 unspecified atom stereocenters. The number of rotatable bonds is 4. The number of hydrogen-bond acceptors (Lipinski definition) is 5. The van der Waals surface area contributed by atoms with E-state index in [9.17, 15) is 0 Å². The molecular formula is C16H17N3O2S. The molecule has 0 amide bonds. The molecule has 0 saturated carbocycles. The van der Waals surface area contributed by atoms with Gasteiger partial charge in [0, 0.05) is 11.8 Å². The van der Waals surface area contributed by atoms with Gasteiger partial charge in [-0.1, -0.05) is 60.7 Å². The van der Waals surface area contributed by atoms with E-state index in [0.29, 0.717) is 13.1 Å². The molecule has 0 aliphatic carbocycles. The molecule has 6 heteroatoms. The highest BCUT2D eigenvalue weighted by Gasteiger charge is 2.05. The average molecular weight is 315 g/mol. The molecule has 114 valence electrons. The molecule has 5 nitrogen and oxygen atoms in total. The molecule has 22 heavy (non-hydrogen) atoms. The maximum atomic E-state index is 8.88. The molecule has 2 aromatic rings. The summed E-state index contributed by atoms with van der Waals surface area (Å²) in [6.07, 6.45) is 0. The quantitative estimate of drug-likeness (QED) is 0.393. The van der Waals surface area contributed by atoms with Gasteiger partial charge in [0.1, 0.15) is 0 Å². The van der Waals surface area contributed by atoms with Gasteiger partial charge in [0.2, 0.25) is 0 Å². The first-order valence-electron chi connectivity index (χ1n) is 6.69. The van der Waals surface area contributed by atoms with Gasteiger partial charge in [-0.25, -0.2) is 10.2 Å². The van der Waals surface area contributed by atoms with Crippen LogP contribution >= 0.6 is 11.8 Å². The van der Waals surface area contributed by atoms with E-state index in [1.165, 1.54) is 0 Å². The summed E-state index contributed by atoms with van der Waals surface area (Å²) in [7, 11) is 0. The molecule has 0 saturated heterocycles. The van der Waals surface area contributed by atoms with Crippen molar-refractivity contribution in [3.8, 4) is 0 Å². The first-order valence-corrected chi connectivity index (χ1v) is 7.51. The topological polar surface area (TPSA) is 80.2 Å². The van der Waals surface area contributed by atoms with Gasteiger partial charge in [-0.2, -0.15) is 0 Å². The number of amidine groups is 1. The smallest absolute Gasteiger partial charge is 0.294 e. The van der Waals surface area contributed by atoms with Crippen molar-refractivity contribution in [2.75, 3.05) is 0 Å². The van der Waals surface area contributed by atoms with E-state index in [4.69, 9.17) is 11.0 Å². The molecule has 0 atom stereocenters. The fourth-order valence-electron chi connectivity index (χ4n) is 1.69. The lowest BCUT2D eigenvalue weighted by molar-refractivity contribution is -0.150. The minimum atomic E-state index is 0.0677. The molecule has 0 bridgehead atoms. The number of thioether (sulfide) groups is 1. The Bertz CT molecular complexity index is 630. The van der Waals surface area contributed by atoms with E-state index >= 15 is 0 Å². The first kappa shape index (κ1) is 16.1. The number of hydrogen-bond donors (Lipinski definition) is 2. The average Bonchev–Trinajstić information content (AvgIpc) is 2.58. The maximum absolute atomic E-state index is 8.88. The highest BCUT2D eigenvalue weighted by molar-refractivity contribution is 8.26. The van der Waals surface area contributed by atoms with Crippen molar-refractivity contribution >= 4 is 22.2 Å². The third-order valence-electron chi connectivity index (χ3n) is 2.76. The Hall–Kier alpha value is -2.31. The van der Waals surface area contributed by atoms with Gasteiger partial charge >= 0.3 is 0 Å². The van der Waals surface area contributed by atoms with E-state index in [1.807, 2.05) is 60.7 Å². The zero-order valence-electron chi connectivity index (χ0n) is 11.9. The second-order valence-corrected chi connectivity index (χ2v) is 5.37. The van der Waals surface area contributed by atoms with Gasteiger partial charge in [-0.05, 0) is 11.1 Å². The Labute approximate surface area is 133 Å². The molecule has 0 fully saturated rings. The maximum Gasteiger partial charge on any atom is 0.294 e. The molecule has 0 aliphatic rings. The van der Waals surface area contributed by atoms with Crippen molar-refractivity contribution in [2.24, 2.45) is 15.7 Å². The van der Waals surface area contributed by atoms with Gasteiger partial charge in [-0.15, -0.1) is 0 Å². The van der Waals surface area contributed by atoms with Crippen LogP contribution in [0.4, 0.5) is 0 Å². The normalized spacial score (nSPS) is 12.2. The summed E-state index contributed by atoms with van der Waals surface area (Å²) < 4.78 is 0. The van der Waals surface area contributed by atoms with E-state index < -0.39 is 0 Å². The highest BCUT2D eigenvalue weighted by Crippen LogP contribution is 2.09. The minimum absolute atomic E-state index is 0.0677. The second-order valence-electron chi connectivity index (χ2n) is 4.40. The van der Waals surface area contributed by atoms with Crippen molar-refractivity contribution in [2.45, 2.75) is 13.1 Å². The number of nitrogens with zero attached hydrogens (tertiary/aromatic N) is 2. The van der Waals surface area contributed by atoms with Crippen molar-refractivity contribution in [1.82, 2.24) is 0 Å². The monoisotopic (exact) mass is 315 g/mol. The molecule has 0 aromatic heterocycles. The van der Waals surface area contributed by atoms with Crippen LogP contribution in [-0.4, -0.2) is 15.7 Å². The van der Waals surface area contributed by atoms with Crippen LogP contribution in [0, 0.1) is 0 Å². The number of aliphatic imine (C=N–C) groups is 2.